The Morgan fingerprint density at radius 3 is 2.70 bits per heavy atom. The van der Waals surface area contributed by atoms with Crippen LogP contribution in [0.4, 0.5) is 0 Å². The topological polar surface area (TPSA) is 21.3 Å². The molecule has 0 radical (unpaired) electrons. The lowest BCUT2D eigenvalue weighted by atomic mass is 9.96. The molecule has 0 saturated carbocycles. The third-order valence-corrected chi connectivity index (χ3v) is 4.56. The van der Waals surface area contributed by atoms with Crippen LogP contribution >= 0.6 is 27.5 Å². The highest BCUT2D eigenvalue weighted by atomic mass is 79.9. The molecule has 1 aliphatic heterocycles. The standard InChI is InChI=1S/C16H15BrClNO/c1-19-16(14-5-4-13(18)7-15(14)17)10-2-3-11-8-20-9-12(11)6-10/h2-7,16,19H,8-9H2,1H3. The van der Waals surface area contributed by atoms with Crippen molar-refractivity contribution in [1.29, 1.82) is 0 Å². The van der Waals surface area contributed by atoms with Crippen molar-refractivity contribution in [3.63, 3.8) is 0 Å². The van der Waals surface area contributed by atoms with Gasteiger partial charge in [0.1, 0.15) is 0 Å². The summed E-state index contributed by atoms with van der Waals surface area (Å²) < 4.78 is 6.50. The lowest BCUT2D eigenvalue weighted by Gasteiger charge is -2.19. The largest absolute Gasteiger partial charge is 0.372 e. The van der Waals surface area contributed by atoms with Crippen LogP contribution in [0.5, 0.6) is 0 Å². The van der Waals surface area contributed by atoms with Gasteiger partial charge in [-0.3, -0.25) is 0 Å². The summed E-state index contributed by atoms with van der Waals surface area (Å²) in [5, 5.41) is 4.11. The van der Waals surface area contributed by atoms with Crippen molar-refractivity contribution in [2.45, 2.75) is 19.3 Å². The second kappa shape index (κ2) is 5.86. The third-order valence-electron chi connectivity index (χ3n) is 3.64. The number of benzene rings is 2. The predicted octanol–water partition coefficient (Wildman–Crippen LogP) is 4.44. The molecule has 1 heterocycles. The van der Waals surface area contributed by atoms with Crippen LogP contribution in [0.15, 0.2) is 40.9 Å². The highest BCUT2D eigenvalue weighted by Gasteiger charge is 2.18. The van der Waals surface area contributed by atoms with Gasteiger partial charge < -0.3 is 10.1 Å². The Labute approximate surface area is 132 Å². The molecule has 3 rings (SSSR count). The van der Waals surface area contributed by atoms with Crippen molar-refractivity contribution in [2.24, 2.45) is 0 Å². The molecule has 2 aromatic carbocycles. The molecule has 104 valence electrons. The highest BCUT2D eigenvalue weighted by molar-refractivity contribution is 9.10. The molecule has 0 aliphatic carbocycles. The van der Waals surface area contributed by atoms with Gasteiger partial charge in [-0.15, -0.1) is 0 Å². The summed E-state index contributed by atoms with van der Waals surface area (Å²) in [6, 6.07) is 12.6. The number of ether oxygens (including phenoxy) is 1. The van der Waals surface area contributed by atoms with Crippen LogP contribution in [0.3, 0.4) is 0 Å². The first-order chi connectivity index (χ1) is 9.69. The first-order valence-corrected chi connectivity index (χ1v) is 7.68. The number of hydrogen-bond donors (Lipinski definition) is 1. The van der Waals surface area contributed by atoms with E-state index in [-0.39, 0.29) is 6.04 Å². The zero-order chi connectivity index (χ0) is 14.1. The van der Waals surface area contributed by atoms with E-state index < -0.39 is 0 Å². The summed E-state index contributed by atoms with van der Waals surface area (Å²) in [7, 11) is 1.97. The fourth-order valence-electron chi connectivity index (χ4n) is 2.61. The van der Waals surface area contributed by atoms with Crippen LogP contribution in [0, 0.1) is 0 Å². The molecule has 0 amide bonds. The van der Waals surface area contributed by atoms with Crippen molar-refractivity contribution < 1.29 is 4.74 Å². The number of fused-ring (bicyclic) bond motifs is 1. The first kappa shape index (κ1) is 14.1. The molecule has 0 bridgehead atoms. The number of nitrogens with one attached hydrogen (secondary N) is 1. The molecule has 1 N–H and O–H groups in total. The summed E-state index contributed by atoms with van der Waals surface area (Å²) in [6.07, 6.45) is 0. The van der Waals surface area contributed by atoms with Gasteiger partial charge in [-0.2, -0.15) is 0 Å². The molecule has 0 aromatic heterocycles. The summed E-state index contributed by atoms with van der Waals surface area (Å²) in [4.78, 5) is 0. The van der Waals surface area contributed by atoms with E-state index in [2.05, 4.69) is 45.5 Å². The molecule has 20 heavy (non-hydrogen) atoms. The predicted molar refractivity (Wildman–Crippen MR) is 85.0 cm³/mol. The average Bonchev–Trinajstić information content (AvgIpc) is 2.89. The van der Waals surface area contributed by atoms with Crippen LogP contribution in [-0.2, 0) is 18.0 Å². The minimum Gasteiger partial charge on any atom is -0.372 e. The summed E-state index contributed by atoms with van der Waals surface area (Å²) in [5.41, 5.74) is 4.99. The van der Waals surface area contributed by atoms with Crippen LogP contribution in [0.1, 0.15) is 28.3 Å². The Morgan fingerprint density at radius 2 is 1.95 bits per heavy atom. The minimum atomic E-state index is 0.132. The number of halogens is 2. The maximum atomic E-state index is 6.02. The SMILES string of the molecule is CNC(c1ccc2c(c1)COC2)c1ccc(Cl)cc1Br. The average molecular weight is 353 g/mol. The van der Waals surface area contributed by atoms with E-state index in [1.165, 1.54) is 22.3 Å². The monoisotopic (exact) mass is 351 g/mol. The van der Waals surface area contributed by atoms with Gasteiger partial charge in [0.2, 0.25) is 0 Å². The van der Waals surface area contributed by atoms with Gasteiger partial charge in [0.15, 0.2) is 0 Å². The molecule has 0 saturated heterocycles. The third kappa shape index (κ3) is 2.63. The molecule has 1 aliphatic rings. The fourth-order valence-corrected chi connectivity index (χ4v) is 3.52. The zero-order valence-electron chi connectivity index (χ0n) is 11.1. The molecular formula is C16H15BrClNO. The Bertz CT molecular complexity index is 644. The highest BCUT2D eigenvalue weighted by Crippen LogP contribution is 2.32. The van der Waals surface area contributed by atoms with E-state index in [4.69, 9.17) is 16.3 Å². The van der Waals surface area contributed by atoms with Gasteiger partial charge in [0, 0.05) is 9.50 Å². The quantitative estimate of drug-likeness (QED) is 0.881. The zero-order valence-corrected chi connectivity index (χ0v) is 13.5. The maximum Gasteiger partial charge on any atom is 0.0725 e. The second-order valence-electron chi connectivity index (χ2n) is 4.91. The van der Waals surface area contributed by atoms with E-state index in [1.807, 2.05) is 19.2 Å². The van der Waals surface area contributed by atoms with E-state index in [0.29, 0.717) is 6.61 Å². The van der Waals surface area contributed by atoms with Gasteiger partial charge in [-0.1, -0.05) is 51.8 Å². The van der Waals surface area contributed by atoms with Crippen LogP contribution in [0.25, 0.3) is 0 Å². The van der Waals surface area contributed by atoms with Crippen LogP contribution < -0.4 is 5.32 Å². The van der Waals surface area contributed by atoms with E-state index in [1.54, 1.807) is 0 Å². The Hall–Kier alpha value is -0.870. The van der Waals surface area contributed by atoms with Gasteiger partial charge in [0.25, 0.3) is 0 Å². The molecule has 2 nitrogen and oxygen atoms in total. The van der Waals surface area contributed by atoms with Gasteiger partial charge in [-0.05, 0) is 41.4 Å². The molecule has 0 spiro atoms. The summed E-state index contributed by atoms with van der Waals surface area (Å²) >= 11 is 9.62. The summed E-state index contributed by atoms with van der Waals surface area (Å²) in [5.74, 6) is 0. The minimum absolute atomic E-state index is 0.132. The Morgan fingerprint density at radius 1 is 1.15 bits per heavy atom. The van der Waals surface area contributed by atoms with Crippen molar-refractivity contribution in [3.8, 4) is 0 Å². The smallest absolute Gasteiger partial charge is 0.0725 e. The fraction of sp³-hybridized carbons (Fsp3) is 0.250. The maximum absolute atomic E-state index is 6.02. The molecule has 0 fully saturated rings. The van der Waals surface area contributed by atoms with Crippen molar-refractivity contribution in [2.75, 3.05) is 7.05 Å². The van der Waals surface area contributed by atoms with Crippen molar-refractivity contribution in [1.82, 2.24) is 5.32 Å². The molecular weight excluding hydrogens is 338 g/mol. The number of rotatable bonds is 3. The van der Waals surface area contributed by atoms with Crippen molar-refractivity contribution in [3.05, 3.63) is 68.1 Å². The van der Waals surface area contributed by atoms with E-state index in [0.717, 1.165) is 16.1 Å². The normalized spacial score (nSPS) is 15.2. The van der Waals surface area contributed by atoms with Crippen LogP contribution in [0.2, 0.25) is 5.02 Å². The second-order valence-corrected chi connectivity index (χ2v) is 6.20. The van der Waals surface area contributed by atoms with E-state index in [9.17, 15) is 0 Å². The Kier molecular flexibility index (Phi) is 4.13. The van der Waals surface area contributed by atoms with E-state index >= 15 is 0 Å². The Balaban J connectivity index is 2.01. The molecule has 2 aromatic rings. The first-order valence-electron chi connectivity index (χ1n) is 6.50. The molecule has 1 atom stereocenters. The van der Waals surface area contributed by atoms with Gasteiger partial charge in [0.05, 0.1) is 19.3 Å². The lowest BCUT2D eigenvalue weighted by Crippen LogP contribution is -2.18. The number of hydrogen-bond acceptors (Lipinski definition) is 2. The van der Waals surface area contributed by atoms with Gasteiger partial charge in [-0.25, -0.2) is 0 Å². The van der Waals surface area contributed by atoms with Crippen molar-refractivity contribution >= 4 is 27.5 Å². The van der Waals surface area contributed by atoms with Crippen LogP contribution in [-0.4, -0.2) is 7.05 Å². The van der Waals surface area contributed by atoms with Gasteiger partial charge >= 0.3 is 0 Å². The molecule has 4 heteroatoms. The summed E-state index contributed by atoms with van der Waals surface area (Å²) in [6.45, 7) is 1.44. The molecule has 1 unspecified atom stereocenters. The lowest BCUT2D eigenvalue weighted by molar-refractivity contribution is 0.134.